The Labute approximate surface area is 227 Å². The molecule has 9 nitrogen and oxygen atoms in total. The van der Waals surface area contributed by atoms with Crippen LogP contribution in [0, 0.1) is 28.9 Å². The Bertz CT molecular complexity index is 1380. The van der Waals surface area contributed by atoms with Crippen LogP contribution in [0.25, 0.3) is 5.69 Å². The third-order valence-electron chi connectivity index (χ3n) is 6.95. The number of pyridine rings is 1. The molecule has 208 valence electrons. The van der Waals surface area contributed by atoms with Crippen molar-refractivity contribution < 1.29 is 27.7 Å². The quantitative estimate of drug-likeness (QED) is 0.541. The standard InChI is InChI=1S/C27H30F2N4O5S/c1-27(2,3)38-26(36)33-19-8-6-16(10-19)24(33)25(35)31-17(13-30)9-15-5-7-18(11-20(15)28)32-14-21(29)22(39(4)37)12-23(32)34/h5,7,11-12,14,16-17,19,24H,6,8-10H2,1-4H3,(H,31,35)/t16-,17-,19+,24-,39?/m0/s1. The molecular formula is C27H30F2N4O5S. The first-order chi connectivity index (χ1) is 18.3. The number of hydrogen-bond donors (Lipinski definition) is 1. The van der Waals surface area contributed by atoms with Gasteiger partial charge < -0.3 is 14.6 Å². The van der Waals surface area contributed by atoms with E-state index < -0.39 is 58.1 Å². The Hall–Kier alpha value is -3.43. The number of carbonyl (C=O) groups is 2. The highest BCUT2D eigenvalue weighted by Gasteiger charge is 2.52. The molecule has 2 aromatic rings. The third kappa shape index (κ3) is 6.09. The highest BCUT2D eigenvalue weighted by molar-refractivity contribution is 7.90. The van der Waals surface area contributed by atoms with Gasteiger partial charge in [0, 0.05) is 12.5 Å². The van der Waals surface area contributed by atoms with Crippen molar-refractivity contribution in [2.45, 2.75) is 75.1 Å². The largest absolute Gasteiger partial charge is 0.612 e. The lowest BCUT2D eigenvalue weighted by Gasteiger charge is -2.35. The summed E-state index contributed by atoms with van der Waals surface area (Å²) in [5, 5.41) is 12.3. The Kier molecular flexibility index (Phi) is 8.04. The van der Waals surface area contributed by atoms with E-state index in [-0.39, 0.29) is 34.5 Å². The summed E-state index contributed by atoms with van der Waals surface area (Å²) in [6.07, 6.45) is 3.59. The van der Waals surface area contributed by atoms with Crippen LogP contribution >= 0.6 is 0 Å². The van der Waals surface area contributed by atoms with Gasteiger partial charge in [-0.3, -0.25) is 19.1 Å². The van der Waals surface area contributed by atoms with Gasteiger partial charge in [-0.2, -0.15) is 9.65 Å². The van der Waals surface area contributed by atoms with Crippen LogP contribution in [-0.4, -0.2) is 56.0 Å². The van der Waals surface area contributed by atoms with E-state index in [1.807, 2.05) is 6.07 Å². The van der Waals surface area contributed by atoms with Crippen molar-refractivity contribution >= 4 is 23.2 Å². The van der Waals surface area contributed by atoms with Crippen molar-refractivity contribution in [1.29, 1.82) is 5.26 Å². The van der Waals surface area contributed by atoms with E-state index >= 15 is 4.39 Å². The van der Waals surface area contributed by atoms with Crippen molar-refractivity contribution in [2.24, 2.45) is 5.92 Å². The average Bonchev–Trinajstić information content (AvgIpc) is 3.46. The number of rotatable bonds is 6. The summed E-state index contributed by atoms with van der Waals surface area (Å²) in [5.74, 6) is -2.17. The molecule has 2 aliphatic rings. The summed E-state index contributed by atoms with van der Waals surface area (Å²) in [6, 6.07) is 4.66. The lowest BCUT2D eigenvalue weighted by molar-refractivity contribution is -0.128. The molecule has 12 heteroatoms. The number of fused-ring (bicyclic) bond motifs is 2. The number of nitrogens with one attached hydrogen (secondary N) is 1. The van der Waals surface area contributed by atoms with Gasteiger partial charge >= 0.3 is 6.09 Å². The summed E-state index contributed by atoms with van der Waals surface area (Å²) < 4.78 is 47.3. The zero-order valence-electron chi connectivity index (χ0n) is 22.1. The van der Waals surface area contributed by atoms with Gasteiger partial charge in [0.1, 0.15) is 29.8 Å². The van der Waals surface area contributed by atoms with Gasteiger partial charge in [-0.1, -0.05) is 6.07 Å². The van der Waals surface area contributed by atoms with E-state index in [1.165, 1.54) is 23.3 Å². The number of benzene rings is 1. The number of amides is 2. The predicted molar refractivity (Wildman–Crippen MR) is 139 cm³/mol. The van der Waals surface area contributed by atoms with Gasteiger partial charge in [-0.25, -0.2) is 9.18 Å². The number of nitriles is 1. The van der Waals surface area contributed by atoms with Crippen molar-refractivity contribution in [2.75, 3.05) is 6.26 Å². The SMILES string of the molecule is C[S+]([O-])c1cc(=O)n(-c2ccc(C[C@@H](C#N)NC(=O)[C@@H]3[C@H]4CC[C@H](C4)N3C(=O)OC(C)(C)C)c(F)c2)cc1F. The first-order valence-corrected chi connectivity index (χ1v) is 14.1. The van der Waals surface area contributed by atoms with Crippen LogP contribution in [0.1, 0.15) is 45.6 Å². The smallest absolute Gasteiger partial charge is 0.411 e. The molecule has 1 aromatic carbocycles. The van der Waals surface area contributed by atoms with Gasteiger partial charge in [0.2, 0.25) is 5.91 Å². The van der Waals surface area contributed by atoms with E-state index in [0.29, 0.717) is 6.42 Å². The second kappa shape index (κ2) is 11.0. The molecule has 1 saturated carbocycles. The number of hydrogen-bond acceptors (Lipinski definition) is 6. The minimum atomic E-state index is -1.70. The highest BCUT2D eigenvalue weighted by Crippen LogP contribution is 2.43. The van der Waals surface area contributed by atoms with Crippen LogP contribution in [0.3, 0.4) is 0 Å². The molecule has 2 fully saturated rings. The second-order valence-corrected chi connectivity index (χ2v) is 12.2. The minimum Gasteiger partial charge on any atom is -0.612 e. The maximum atomic E-state index is 15.0. The zero-order chi connectivity index (χ0) is 28.6. The van der Waals surface area contributed by atoms with Crippen LogP contribution in [0.2, 0.25) is 0 Å². The first-order valence-electron chi connectivity index (χ1n) is 12.5. The molecule has 1 N–H and O–H groups in total. The molecule has 2 amide bonds. The summed E-state index contributed by atoms with van der Waals surface area (Å²) in [4.78, 5) is 39.7. The van der Waals surface area contributed by atoms with Gasteiger partial charge in [0.25, 0.3) is 5.56 Å². The van der Waals surface area contributed by atoms with Gasteiger partial charge in [-0.05, 0) is 74.8 Å². The summed E-state index contributed by atoms with van der Waals surface area (Å²) >= 11 is -1.70. The number of aromatic nitrogens is 1. The van der Waals surface area contributed by atoms with Crippen molar-refractivity contribution in [3.8, 4) is 11.8 Å². The lowest BCUT2D eigenvalue weighted by atomic mass is 9.97. The summed E-state index contributed by atoms with van der Waals surface area (Å²) in [6.45, 7) is 5.24. The van der Waals surface area contributed by atoms with Crippen molar-refractivity contribution in [3.63, 3.8) is 0 Å². The molecule has 5 atom stereocenters. The number of likely N-dealkylation sites (tertiary alicyclic amines) is 1. The highest BCUT2D eigenvalue weighted by atomic mass is 32.2. The number of piperidine rings is 1. The number of nitrogens with zero attached hydrogens (tertiary/aromatic N) is 3. The monoisotopic (exact) mass is 560 g/mol. The summed E-state index contributed by atoms with van der Waals surface area (Å²) in [5.41, 5.74) is -1.27. The Morgan fingerprint density at radius 3 is 2.59 bits per heavy atom. The normalized spacial score (nSPS) is 21.8. The van der Waals surface area contributed by atoms with E-state index in [1.54, 1.807) is 20.8 Å². The van der Waals surface area contributed by atoms with E-state index in [0.717, 1.165) is 35.7 Å². The van der Waals surface area contributed by atoms with Crippen LogP contribution in [0.5, 0.6) is 0 Å². The molecule has 1 unspecified atom stereocenters. The van der Waals surface area contributed by atoms with Crippen molar-refractivity contribution in [3.05, 3.63) is 58.0 Å². The van der Waals surface area contributed by atoms with Gasteiger partial charge in [0.05, 0.1) is 24.0 Å². The molecule has 2 heterocycles. The number of ether oxygens (including phenoxy) is 1. The average molecular weight is 561 g/mol. The fourth-order valence-corrected chi connectivity index (χ4v) is 5.87. The Morgan fingerprint density at radius 2 is 1.97 bits per heavy atom. The number of carbonyl (C=O) groups excluding carboxylic acids is 2. The topological polar surface area (TPSA) is 127 Å². The lowest BCUT2D eigenvalue weighted by Crippen LogP contribution is -2.55. The van der Waals surface area contributed by atoms with Gasteiger partial charge in [-0.15, -0.1) is 0 Å². The number of halogens is 2. The van der Waals surface area contributed by atoms with Crippen LogP contribution < -0.4 is 10.9 Å². The molecule has 4 rings (SSSR count). The summed E-state index contributed by atoms with van der Waals surface area (Å²) in [7, 11) is 0. The minimum absolute atomic E-state index is 0.0427. The molecule has 39 heavy (non-hydrogen) atoms. The predicted octanol–water partition coefficient (Wildman–Crippen LogP) is 3.19. The molecule has 1 saturated heterocycles. The molecule has 1 aromatic heterocycles. The second-order valence-electron chi connectivity index (χ2n) is 10.9. The van der Waals surface area contributed by atoms with Gasteiger partial charge in [0.15, 0.2) is 10.7 Å². The molecule has 1 aliphatic heterocycles. The Balaban J connectivity index is 1.49. The van der Waals surface area contributed by atoms with E-state index in [4.69, 9.17) is 4.74 Å². The zero-order valence-corrected chi connectivity index (χ0v) is 22.9. The van der Waals surface area contributed by atoms with E-state index in [2.05, 4.69) is 5.32 Å². The van der Waals surface area contributed by atoms with Crippen LogP contribution in [0.4, 0.5) is 13.6 Å². The maximum Gasteiger partial charge on any atom is 0.411 e. The third-order valence-corrected chi connectivity index (χ3v) is 7.88. The fraction of sp³-hybridized carbons (Fsp3) is 0.481. The molecule has 0 spiro atoms. The molecule has 0 radical (unpaired) electrons. The van der Waals surface area contributed by atoms with Crippen molar-refractivity contribution in [1.82, 2.24) is 14.8 Å². The molecule has 1 aliphatic carbocycles. The van der Waals surface area contributed by atoms with E-state index in [9.17, 15) is 28.6 Å². The fourth-order valence-electron chi connectivity index (χ4n) is 5.27. The molecular weight excluding hydrogens is 530 g/mol. The first kappa shape index (κ1) is 28.6. The maximum absolute atomic E-state index is 15.0. The van der Waals surface area contributed by atoms with Crippen LogP contribution in [-0.2, 0) is 27.1 Å². The molecule has 2 bridgehead atoms. The van der Waals surface area contributed by atoms with Crippen LogP contribution in [0.15, 0.2) is 40.2 Å². The Morgan fingerprint density at radius 1 is 1.26 bits per heavy atom.